The van der Waals surface area contributed by atoms with Gasteiger partial charge >= 0.3 is 0 Å². The quantitative estimate of drug-likeness (QED) is 0.456. The fourth-order valence-corrected chi connectivity index (χ4v) is 1.60. The first-order chi connectivity index (χ1) is 6.74. The SMILES string of the molecule is NNC(=O)c1noc2c(Br)cccc12. The highest BCUT2D eigenvalue weighted by Gasteiger charge is 2.15. The van der Waals surface area contributed by atoms with Crippen LogP contribution in [-0.4, -0.2) is 11.1 Å². The van der Waals surface area contributed by atoms with Crippen LogP contribution in [0.1, 0.15) is 10.5 Å². The Labute approximate surface area is 87.3 Å². The van der Waals surface area contributed by atoms with Gasteiger partial charge in [-0.1, -0.05) is 11.2 Å². The first-order valence-electron chi connectivity index (χ1n) is 3.79. The van der Waals surface area contributed by atoms with Crippen molar-refractivity contribution in [3.05, 3.63) is 28.4 Å². The first kappa shape index (κ1) is 9.17. The predicted molar refractivity (Wildman–Crippen MR) is 53.4 cm³/mol. The lowest BCUT2D eigenvalue weighted by molar-refractivity contribution is 0.0946. The summed E-state index contributed by atoms with van der Waals surface area (Å²) in [5, 5.41) is 4.26. The van der Waals surface area contributed by atoms with Gasteiger partial charge in [0.1, 0.15) is 0 Å². The fraction of sp³-hybridized carbons (Fsp3) is 0. The Balaban J connectivity index is 2.70. The van der Waals surface area contributed by atoms with Crippen molar-refractivity contribution in [2.75, 3.05) is 0 Å². The molecule has 0 aliphatic rings. The van der Waals surface area contributed by atoms with Crippen LogP contribution in [0.5, 0.6) is 0 Å². The number of carbonyl (C=O) groups is 1. The third kappa shape index (κ3) is 1.28. The van der Waals surface area contributed by atoms with Gasteiger partial charge in [-0.25, -0.2) is 5.84 Å². The van der Waals surface area contributed by atoms with Crippen LogP contribution in [0.15, 0.2) is 27.2 Å². The van der Waals surface area contributed by atoms with Gasteiger partial charge in [0.2, 0.25) is 0 Å². The van der Waals surface area contributed by atoms with E-state index in [9.17, 15) is 4.79 Å². The molecule has 0 bridgehead atoms. The standard InChI is InChI=1S/C8H6BrN3O2/c9-5-3-1-2-4-6(8(13)11-10)12-14-7(4)5/h1-3H,10H2,(H,11,13). The number of rotatable bonds is 1. The highest BCUT2D eigenvalue weighted by atomic mass is 79.9. The zero-order valence-electron chi connectivity index (χ0n) is 6.95. The summed E-state index contributed by atoms with van der Waals surface area (Å²) in [6.07, 6.45) is 0. The third-order valence-electron chi connectivity index (χ3n) is 1.80. The average Bonchev–Trinajstić information content (AvgIpc) is 2.62. The van der Waals surface area contributed by atoms with E-state index in [1.165, 1.54) is 0 Å². The number of nitrogens with one attached hydrogen (secondary N) is 1. The maximum absolute atomic E-state index is 11.2. The smallest absolute Gasteiger partial charge is 0.287 e. The maximum Gasteiger partial charge on any atom is 0.287 e. The lowest BCUT2D eigenvalue weighted by Gasteiger charge is -1.93. The van der Waals surface area contributed by atoms with Crippen LogP contribution in [0.25, 0.3) is 11.0 Å². The van der Waals surface area contributed by atoms with Gasteiger partial charge in [-0.15, -0.1) is 0 Å². The van der Waals surface area contributed by atoms with Gasteiger partial charge in [0.25, 0.3) is 5.91 Å². The third-order valence-corrected chi connectivity index (χ3v) is 2.42. The number of nitrogens with two attached hydrogens (primary N) is 1. The highest BCUT2D eigenvalue weighted by Crippen LogP contribution is 2.25. The molecule has 1 amide bonds. The molecule has 2 rings (SSSR count). The lowest BCUT2D eigenvalue weighted by atomic mass is 10.2. The number of amides is 1. The van der Waals surface area contributed by atoms with Gasteiger partial charge in [0, 0.05) is 0 Å². The molecule has 0 fully saturated rings. The minimum atomic E-state index is -0.471. The number of hydrogen-bond acceptors (Lipinski definition) is 4. The topological polar surface area (TPSA) is 81.1 Å². The van der Waals surface area contributed by atoms with Crippen LogP contribution in [0.4, 0.5) is 0 Å². The van der Waals surface area contributed by atoms with Gasteiger partial charge in [-0.05, 0) is 28.1 Å². The molecule has 0 aliphatic carbocycles. The number of aromatic nitrogens is 1. The molecule has 2 aromatic rings. The number of fused-ring (bicyclic) bond motifs is 1. The molecular weight excluding hydrogens is 250 g/mol. The van der Waals surface area contributed by atoms with Crippen molar-refractivity contribution in [3.63, 3.8) is 0 Å². The van der Waals surface area contributed by atoms with Gasteiger partial charge in [-0.2, -0.15) is 0 Å². The molecule has 0 aliphatic heterocycles. The minimum absolute atomic E-state index is 0.184. The molecular formula is C8H6BrN3O2. The molecule has 0 saturated carbocycles. The number of halogens is 1. The molecule has 0 saturated heterocycles. The summed E-state index contributed by atoms with van der Waals surface area (Å²) < 4.78 is 5.74. The van der Waals surface area contributed by atoms with E-state index < -0.39 is 5.91 Å². The number of carbonyl (C=O) groups excluding carboxylic acids is 1. The Morgan fingerprint density at radius 2 is 2.36 bits per heavy atom. The Morgan fingerprint density at radius 1 is 1.57 bits per heavy atom. The fourth-order valence-electron chi connectivity index (χ4n) is 1.16. The van der Waals surface area contributed by atoms with E-state index >= 15 is 0 Å². The summed E-state index contributed by atoms with van der Waals surface area (Å²) in [5.74, 6) is 4.53. The molecule has 0 atom stereocenters. The Bertz CT molecular complexity index is 494. The van der Waals surface area contributed by atoms with Gasteiger partial charge in [-0.3, -0.25) is 10.2 Å². The van der Waals surface area contributed by atoms with E-state index in [0.29, 0.717) is 11.0 Å². The van der Waals surface area contributed by atoms with E-state index in [1.54, 1.807) is 18.2 Å². The highest BCUT2D eigenvalue weighted by molar-refractivity contribution is 9.10. The monoisotopic (exact) mass is 255 g/mol. The normalized spacial score (nSPS) is 10.4. The minimum Gasteiger partial charge on any atom is -0.354 e. The van der Waals surface area contributed by atoms with Crippen LogP contribution in [0.2, 0.25) is 0 Å². The molecule has 5 nitrogen and oxygen atoms in total. The summed E-state index contributed by atoms with van der Waals surface area (Å²) in [6, 6.07) is 5.33. The number of hydrazine groups is 1. The zero-order valence-corrected chi connectivity index (χ0v) is 8.54. The molecule has 1 aromatic carbocycles. The van der Waals surface area contributed by atoms with E-state index in [-0.39, 0.29) is 5.69 Å². The first-order valence-corrected chi connectivity index (χ1v) is 4.58. The number of para-hydroxylation sites is 1. The van der Waals surface area contributed by atoms with Crippen LogP contribution in [-0.2, 0) is 0 Å². The lowest BCUT2D eigenvalue weighted by Crippen LogP contribution is -2.30. The molecule has 14 heavy (non-hydrogen) atoms. The van der Waals surface area contributed by atoms with Crippen LogP contribution in [0, 0.1) is 0 Å². The molecule has 1 aromatic heterocycles. The predicted octanol–water partition coefficient (Wildman–Crippen LogP) is 1.19. The largest absolute Gasteiger partial charge is 0.354 e. The Kier molecular flexibility index (Phi) is 2.22. The Morgan fingerprint density at radius 3 is 3.07 bits per heavy atom. The second-order valence-corrected chi connectivity index (χ2v) is 3.48. The summed E-state index contributed by atoms with van der Waals surface area (Å²) in [7, 11) is 0. The number of nitrogens with zero attached hydrogens (tertiary/aromatic N) is 1. The van der Waals surface area contributed by atoms with Gasteiger partial charge in [0.05, 0.1) is 9.86 Å². The van der Waals surface area contributed by atoms with Crippen LogP contribution >= 0.6 is 15.9 Å². The second kappa shape index (κ2) is 3.39. The maximum atomic E-state index is 11.2. The summed E-state index contributed by atoms with van der Waals surface area (Å²) in [4.78, 5) is 11.2. The van der Waals surface area contributed by atoms with Crippen LogP contribution in [0.3, 0.4) is 0 Å². The molecule has 3 N–H and O–H groups in total. The summed E-state index contributed by atoms with van der Waals surface area (Å²) in [6.45, 7) is 0. The molecule has 1 heterocycles. The van der Waals surface area contributed by atoms with Crippen molar-refractivity contribution in [1.82, 2.24) is 10.6 Å². The van der Waals surface area contributed by atoms with E-state index in [4.69, 9.17) is 10.4 Å². The zero-order chi connectivity index (χ0) is 10.1. The Hall–Kier alpha value is -1.40. The van der Waals surface area contributed by atoms with Gasteiger partial charge in [0.15, 0.2) is 11.3 Å². The summed E-state index contributed by atoms with van der Waals surface area (Å²) >= 11 is 3.28. The van der Waals surface area contributed by atoms with Crippen LogP contribution < -0.4 is 11.3 Å². The second-order valence-electron chi connectivity index (χ2n) is 2.62. The molecule has 72 valence electrons. The molecule has 0 spiro atoms. The van der Waals surface area contributed by atoms with Crippen molar-refractivity contribution in [2.45, 2.75) is 0 Å². The molecule has 0 unspecified atom stereocenters. The van der Waals surface area contributed by atoms with Crippen molar-refractivity contribution in [2.24, 2.45) is 5.84 Å². The van der Waals surface area contributed by atoms with E-state index in [2.05, 4.69) is 21.1 Å². The number of hydrogen-bond donors (Lipinski definition) is 2. The van der Waals surface area contributed by atoms with Crippen molar-refractivity contribution in [1.29, 1.82) is 0 Å². The van der Waals surface area contributed by atoms with E-state index in [0.717, 1.165) is 4.47 Å². The number of benzene rings is 1. The van der Waals surface area contributed by atoms with Crippen molar-refractivity contribution >= 4 is 32.8 Å². The number of nitrogen functional groups attached to an aromatic ring is 1. The van der Waals surface area contributed by atoms with Gasteiger partial charge < -0.3 is 4.52 Å². The molecule has 0 radical (unpaired) electrons. The average molecular weight is 256 g/mol. The van der Waals surface area contributed by atoms with Crippen molar-refractivity contribution in [3.8, 4) is 0 Å². The van der Waals surface area contributed by atoms with E-state index in [1.807, 2.05) is 5.43 Å². The van der Waals surface area contributed by atoms with Crippen molar-refractivity contribution < 1.29 is 9.32 Å². The molecule has 6 heteroatoms. The summed E-state index contributed by atoms with van der Waals surface area (Å²) in [5.41, 5.74) is 2.72.